The Kier molecular flexibility index (Phi) is 4.66. The highest BCUT2D eigenvalue weighted by atomic mass is 35.5. The van der Waals surface area contributed by atoms with E-state index in [1.54, 1.807) is 4.90 Å². The molecule has 2 aliphatic heterocycles. The van der Waals surface area contributed by atoms with Gasteiger partial charge < -0.3 is 22.0 Å². The van der Waals surface area contributed by atoms with Gasteiger partial charge in [0.25, 0.3) is 0 Å². The van der Waals surface area contributed by atoms with Gasteiger partial charge in [-0.1, -0.05) is 0 Å². The van der Waals surface area contributed by atoms with Crippen LogP contribution >= 0.6 is 0 Å². The first-order valence-corrected chi connectivity index (χ1v) is 6.93. The quantitative estimate of drug-likeness (QED) is 0.653. The molecule has 3 nitrogen and oxygen atoms in total. The van der Waals surface area contributed by atoms with Crippen molar-refractivity contribution in [2.24, 2.45) is 0 Å². The number of quaternary nitrogens is 1. The molecule has 0 saturated carbocycles. The van der Waals surface area contributed by atoms with E-state index in [1.807, 2.05) is 0 Å². The number of rotatable bonds is 2. The molecule has 2 atom stereocenters. The summed E-state index contributed by atoms with van der Waals surface area (Å²) in [7, 11) is 2.24. The van der Waals surface area contributed by atoms with Gasteiger partial charge >= 0.3 is 5.97 Å². The number of carbonyl (C=O) groups is 1. The zero-order valence-corrected chi connectivity index (χ0v) is 12.2. The average molecular weight is 300 g/mol. The number of halogens is 2. The third-order valence-corrected chi connectivity index (χ3v) is 4.60. The molecule has 1 N–H and O–H groups in total. The topological polar surface area (TPSA) is 30.7 Å². The zero-order valence-electron chi connectivity index (χ0n) is 11.4. The van der Waals surface area contributed by atoms with Gasteiger partial charge in [-0.2, -0.15) is 0 Å². The molecule has 2 aliphatic rings. The van der Waals surface area contributed by atoms with Crippen molar-refractivity contribution in [1.29, 1.82) is 0 Å². The molecule has 3 rings (SSSR count). The highest BCUT2D eigenvalue weighted by molar-refractivity contribution is 5.89. The molecule has 2 heterocycles. The number of benzene rings is 1. The maximum atomic E-state index is 12.8. The number of ether oxygens (including phenoxy) is 1. The maximum absolute atomic E-state index is 12.8. The Bertz CT molecular complexity index is 465. The number of carbonyl (C=O) groups excluding carboxylic acids is 1. The first-order valence-electron chi connectivity index (χ1n) is 6.93. The largest absolute Gasteiger partial charge is 1.00 e. The van der Waals surface area contributed by atoms with E-state index in [9.17, 15) is 9.18 Å². The summed E-state index contributed by atoms with van der Waals surface area (Å²) < 4.78 is 18.4. The van der Waals surface area contributed by atoms with Crippen LogP contribution in [0.5, 0.6) is 0 Å². The van der Waals surface area contributed by atoms with Crippen LogP contribution in [0.2, 0.25) is 0 Å². The molecule has 5 heteroatoms. The molecule has 1 aromatic rings. The van der Waals surface area contributed by atoms with Gasteiger partial charge in [-0.15, -0.1) is 0 Å². The van der Waals surface area contributed by atoms with Crippen molar-refractivity contribution in [1.82, 2.24) is 0 Å². The van der Waals surface area contributed by atoms with E-state index in [0.717, 1.165) is 12.8 Å². The SMILES string of the molecule is C[NH+]1C2CCC1CC(OC(=O)c1ccc(F)cc1)C2.[Cl-]. The first kappa shape index (κ1) is 15.3. The second-order valence-electron chi connectivity index (χ2n) is 5.72. The van der Waals surface area contributed by atoms with Crippen LogP contribution in [0.4, 0.5) is 4.39 Å². The predicted molar refractivity (Wildman–Crippen MR) is 68.5 cm³/mol. The van der Waals surface area contributed by atoms with Crippen LogP contribution in [-0.2, 0) is 4.74 Å². The lowest BCUT2D eigenvalue weighted by Gasteiger charge is -2.33. The molecule has 0 aromatic heterocycles. The molecule has 0 radical (unpaired) electrons. The minimum absolute atomic E-state index is 0. The van der Waals surface area contributed by atoms with Gasteiger partial charge in [0.2, 0.25) is 0 Å². The lowest BCUT2D eigenvalue weighted by atomic mass is 10.0. The van der Waals surface area contributed by atoms with Crippen LogP contribution in [0, 0.1) is 5.82 Å². The molecule has 0 amide bonds. The fourth-order valence-corrected chi connectivity index (χ4v) is 3.43. The van der Waals surface area contributed by atoms with Crippen LogP contribution in [-0.4, -0.2) is 31.2 Å². The van der Waals surface area contributed by atoms with Crippen molar-refractivity contribution >= 4 is 5.97 Å². The van der Waals surface area contributed by atoms with E-state index in [-0.39, 0.29) is 30.3 Å². The van der Waals surface area contributed by atoms with Crippen molar-refractivity contribution < 1.29 is 31.2 Å². The number of fused-ring (bicyclic) bond motifs is 2. The molecule has 2 unspecified atom stereocenters. The van der Waals surface area contributed by atoms with Gasteiger partial charge in [0.1, 0.15) is 11.9 Å². The lowest BCUT2D eigenvalue weighted by Crippen LogP contribution is -3.15. The normalized spacial score (nSPS) is 31.5. The van der Waals surface area contributed by atoms with Gasteiger partial charge in [-0.05, 0) is 24.3 Å². The molecule has 2 bridgehead atoms. The first-order chi connectivity index (χ1) is 9.13. The average Bonchev–Trinajstić information content (AvgIpc) is 2.63. The van der Waals surface area contributed by atoms with Crippen molar-refractivity contribution in [2.45, 2.75) is 43.9 Å². The van der Waals surface area contributed by atoms with Gasteiger partial charge in [-0.25, -0.2) is 9.18 Å². The highest BCUT2D eigenvalue weighted by Gasteiger charge is 2.43. The van der Waals surface area contributed by atoms with Crippen molar-refractivity contribution in [3.63, 3.8) is 0 Å². The van der Waals surface area contributed by atoms with Gasteiger partial charge in [0, 0.05) is 25.7 Å². The Morgan fingerprint density at radius 1 is 1.20 bits per heavy atom. The molecule has 0 aliphatic carbocycles. The van der Waals surface area contributed by atoms with E-state index in [4.69, 9.17) is 4.74 Å². The third-order valence-electron chi connectivity index (χ3n) is 4.60. The Labute approximate surface area is 124 Å². The molecule has 110 valence electrons. The second kappa shape index (κ2) is 6.10. The van der Waals surface area contributed by atoms with Crippen LogP contribution in [0.25, 0.3) is 0 Å². The second-order valence-corrected chi connectivity index (χ2v) is 5.72. The number of hydrogen-bond donors (Lipinski definition) is 1. The van der Waals surface area contributed by atoms with Crippen LogP contribution < -0.4 is 17.3 Å². The Balaban J connectivity index is 0.00000147. The summed E-state index contributed by atoms with van der Waals surface area (Å²) >= 11 is 0. The molecule has 2 fully saturated rings. The van der Waals surface area contributed by atoms with E-state index < -0.39 is 0 Å². The summed E-state index contributed by atoms with van der Waals surface area (Å²) in [6.45, 7) is 0. The summed E-state index contributed by atoms with van der Waals surface area (Å²) in [5.41, 5.74) is 0.431. The summed E-state index contributed by atoms with van der Waals surface area (Å²) in [5.74, 6) is -0.665. The van der Waals surface area contributed by atoms with Crippen LogP contribution in [0.3, 0.4) is 0 Å². The minimum atomic E-state index is -0.336. The summed E-state index contributed by atoms with van der Waals surface area (Å²) in [6.07, 6.45) is 4.41. The third kappa shape index (κ3) is 2.96. The van der Waals surface area contributed by atoms with Crippen molar-refractivity contribution in [3.05, 3.63) is 35.6 Å². The van der Waals surface area contributed by atoms with Gasteiger partial charge in [-0.3, -0.25) is 0 Å². The fraction of sp³-hybridized carbons (Fsp3) is 0.533. The monoisotopic (exact) mass is 299 g/mol. The van der Waals surface area contributed by atoms with Crippen molar-refractivity contribution in [2.75, 3.05) is 7.05 Å². The molecule has 0 spiro atoms. The molecule has 1 aromatic carbocycles. The standard InChI is InChI=1S/C15H18FNO2.ClH/c1-17-12-6-7-13(17)9-14(8-12)19-15(18)10-2-4-11(16)5-3-10;/h2-5,12-14H,6-9H2,1H3;1H. The smallest absolute Gasteiger partial charge is 0.338 e. The predicted octanol–water partition coefficient (Wildman–Crippen LogP) is -1.81. The van der Waals surface area contributed by atoms with Gasteiger partial charge in [0.05, 0.1) is 24.7 Å². The number of nitrogens with one attached hydrogen (secondary N) is 1. The van der Waals surface area contributed by atoms with E-state index in [1.165, 1.54) is 37.1 Å². The van der Waals surface area contributed by atoms with E-state index >= 15 is 0 Å². The number of esters is 1. The summed E-state index contributed by atoms with van der Waals surface area (Å²) in [6, 6.07) is 6.80. The van der Waals surface area contributed by atoms with Crippen LogP contribution in [0.15, 0.2) is 24.3 Å². The molecular formula is C15H19ClFNO2. The highest BCUT2D eigenvalue weighted by Crippen LogP contribution is 2.25. The molecule has 20 heavy (non-hydrogen) atoms. The molecular weight excluding hydrogens is 281 g/mol. The maximum Gasteiger partial charge on any atom is 0.338 e. The van der Waals surface area contributed by atoms with Gasteiger partial charge in [0.15, 0.2) is 0 Å². The Morgan fingerprint density at radius 3 is 2.30 bits per heavy atom. The molecule has 2 saturated heterocycles. The minimum Gasteiger partial charge on any atom is -1.00 e. The van der Waals surface area contributed by atoms with E-state index in [2.05, 4.69) is 7.05 Å². The van der Waals surface area contributed by atoms with Crippen LogP contribution in [0.1, 0.15) is 36.0 Å². The Hall–Kier alpha value is -1.13. The lowest BCUT2D eigenvalue weighted by molar-refractivity contribution is -0.923. The number of hydrogen-bond acceptors (Lipinski definition) is 2. The van der Waals surface area contributed by atoms with E-state index in [0.29, 0.717) is 17.6 Å². The van der Waals surface area contributed by atoms with Crippen molar-refractivity contribution in [3.8, 4) is 0 Å². The Morgan fingerprint density at radius 2 is 1.75 bits per heavy atom. The zero-order chi connectivity index (χ0) is 13.4. The fourth-order valence-electron chi connectivity index (χ4n) is 3.43. The summed E-state index contributed by atoms with van der Waals surface area (Å²) in [4.78, 5) is 13.6. The number of piperidine rings is 1. The summed E-state index contributed by atoms with van der Waals surface area (Å²) in [5, 5.41) is 0.